The number of amides is 1. The van der Waals surface area contributed by atoms with Gasteiger partial charge in [-0.15, -0.1) is 0 Å². The van der Waals surface area contributed by atoms with E-state index in [0.717, 1.165) is 24.0 Å². The van der Waals surface area contributed by atoms with E-state index < -0.39 is 26.9 Å². The fourth-order valence-corrected chi connectivity index (χ4v) is 5.57. The Bertz CT molecular complexity index is 895. The first-order chi connectivity index (χ1) is 13.0. The van der Waals surface area contributed by atoms with Crippen LogP contribution in [0.5, 0.6) is 5.88 Å². The van der Waals surface area contributed by atoms with E-state index in [1.165, 1.54) is 7.11 Å². The third-order valence-corrected chi connectivity index (χ3v) is 7.30. The van der Waals surface area contributed by atoms with Crippen LogP contribution in [0.15, 0.2) is 47.5 Å². The molecule has 1 saturated carbocycles. The molecule has 1 heterocycles. The minimum atomic E-state index is -3.68. The van der Waals surface area contributed by atoms with Gasteiger partial charge in [0.1, 0.15) is 0 Å². The fourth-order valence-electron chi connectivity index (χ4n) is 3.53. The first-order valence-electron chi connectivity index (χ1n) is 8.75. The van der Waals surface area contributed by atoms with E-state index in [0.29, 0.717) is 18.7 Å². The van der Waals surface area contributed by atoms with Gasteiger partial charge in [0.25, 0.3) is 0 Å². The largest absolute Gasteiger partial charge is 0.481 e. The molecule has 7 nitrogen and oxygen atoms in total. The van der Waals surface area contributed by atoms with Crippen molar-refractivity contribution in [3.8, 4) is 17.0 Å². The molecular weight excluding hydrogens is 368 g/mol. The average molecular weight is 390 g/mol. The number of sulfone groups is 1. The first-order valence-corrected chi connectivity index (χ1v) is 10.3. The lowest BCUT2D eigenvalue weighted by Crippen LogP contribution is -2.42. The molecule has 1 aromatic heterocycles. The summed E-state index contributed by atoms with van der Waals surface area (Å²) in [5.41, 5.74) is 3.28. The molecule has 1 amide bonds. The summed E-state index contributed by atoms with van der Waals surface area (Å²) in [6.07, 6.45) is 4.03. The second kappa shape index (κ2) is 8.06. The lowest BCUT2D eigenvalue weighted by atomic mass is 9.88. The van der Waals surface area contributed by atoms with Crippen LogP contribution in [-0.4, -0.2) is 36.9 Å². The number of aromatic nitrogens is 1. The summed E-state index contributed by atoms with van der Waals surface area (Å²) in [7, 11) is -2.14. The lowest BCUT2D eigenvalue weighted by Gasteiger charge is -2.29. The molecule has 3 rings (SSSR count). The number of hydrogen-bond donors (Lipinski definition) is 2. The number of hydroxylamine groups is 1. The van der Waals surface area contributed by atoms with Crippen molar-refractivity contribution in [3.63, 3.8) is 0 Å². The summed E-state index contributed by atoms with van der Waals surface area (Å²) in [6, 6.07) is 10.1. The summed E-state index contributed by atoms with van der Waals surface area (Å²) in [5, 5.41) is 8.10. The molecule has 0 saturated heterocycles. The van der Waals surface area contributed by atoms with Gasteiger partial charge in [-0.2, -0.15) is 0 Å². The number of pyridine rings is 1. The molecule has 0 aliphatic heterocycles. The molecule has 1 aromatic carbocycles. The molecule has 1 fully saturated rings. The SMILES string of the molecule is COc1ccc(-c2ccc(S(=O)(=O)C3CCCCC3C(=O)NO)cc2)cn1. The molecule has 27 heavy (non-hydrogen) atoms. The van der Waals surface area contributed by atoms with Crippen molar-refractivity contribution in [3.05, 3.63) is 42.6 Å². The van der Waals surface area contributed by atoms with E-state index in [4.69, 9.17) is 9.94 Å². The van der Waals surface area contributed by atoms with Crippen molar-refractivity contribution in [1.29, 1.82) is 0 Å². The minimum absolute atomic E-state index is 0.176. The average Bonchev–Trinajstić information content (AvgIpc) is 2.73. The standard InChI is InChI=1S/C19H22N2O5S/c1-26-18-11-8-14(12-20-18)13-6-9-15(10-7-13)27(24,25)17-5-3-2-4-16(17)19(22)21-23/h6-12,16-17,23H,2-5H2,1H3,(H,21,22). The van der Waals surface area contributed by atoms with Crippen LogP contribution in [-0.2, 0) is 14.6 Å². The van der Waals surface area contributed by atoms with Crippen molar-refractivity contribution >= 4 is 15.7 Å². The van der Waals surface area contributed by atoms with Gasteiger partial charge in [0, 0.05) is 17.8 Å². The summed E-state index contributed by atoms with van der Waals surface area (Å²) in [4.78, 5) is 16.2. The van der Waals surface area contributed by atoms with Gasteiger partial charge in [-0.3, -0.25) is 10.0 Å². The van der Waals surface area contributed by atoms with Crippen molar-refractivity contribution in [1.82, 2.24) is 10.5 Å². The Balaban J connectivity index is 1.87. The van der Waals surface area contributed by atoms with Gasteiger partial charge in [-0.05, 0) is 36.6 Å². The zero-order chi connectivity index (χ0) is 19.4. The quantitative estimate of drug-likeness (QED) is 0.600. The van der Waals surface area contributed by atoms with E-state index in [-0.39, 0.29) is 4.90 Å². The Morgan fingerprint density at radius 2 is 1.78 bits per heavy atom. The summed E-state index contributed by atoms with van der Waals surface area (Å²) >= 11 is 0. The molecule has 8 heteroatoms. The van der Waals surface area contributed by atoms with E-state index in [9.17, 15) is 13.2 Å². The molecule has 0 spiro atoms. The van der Waals surface area contributed by atoms with E-state index in [1.54, 1.807) is 42.0 Å². The van der Waals surface area contributed by atoms with Crippen LogP contribution in [0.4, 0.5) is 0 Å². The first kappa shape index (κ1) is 19.3. The van der Waals surface area contributed by atoms with E-state index >= 15 is 0 Å². The number of nitrogens with one attached hydrogen (secondary N) is 1. The number of ether oxygens (including phenoxy) is 1. The van der Waals surface area contributed by atoms with Crippen molar-refractivity contribution in [2.75, 3.05) is 7.11 Å². The Kier molecular flexibility index (Phi) is 5.76. The summed E-state index contributed by atoms with van der Waals surface area (Å²) in [5.74, 6) is -0.869. The highest BCUT2D eigenvalue weighted by Crippen LogP contribution is 2.34. The van der Waals surface area contributed by atoms with Crippen molar-refractivity contribution in [2.45, 2.75) is 35.8 Å². The van der Waals surface area contributed by atoms with Crippen LogP contribution in [0.2, 0.25) is 0 Å². The van der Waals surface area contributed by atoms with Gasteiger partial charge in [0.05, 0.1) is 23.2 Å². The zero-order valence-electron chi connectivity index (χ0n) is 15.0. The van der Waals surface area contributed by atoms with E-state index in [2.05, 4.69) is 4.98 Å². The number of nitrogens with zero attached hydrogens (tertiary/aromatic N) is 1. The van der Waals surface area contributed by atoms with Gasteiger partial charge in [-0.25, -0.2) is 18.9 Å². The van der Waals surface area contributed by atoms with Gasteiger partial charge >= 0.3 is 0 Å². The van der Waals surface area contributed by atoms with Gasteiger partial charge in [0.2, 0.25) is 11.8 Å². The smallest absolute Gasteiger partial charge is 0.247 e. The van der Waals surface area contributed by atoms with Crippen LogP contribution in [0.3, 0.4) is 0 Å². The number of hydrogen-bond acceptors (Lipinski definition) is 6. The van der Waals surface area contributed by atoms with Crippen LogP contribution >= 0.6 is 0 Å². The second-order valence-electron chi connectivity index (χ2n) is 6.56. The molecule has 2 atom stereocenters. The third-order valence-electron chi connectivity index (χ3n) is 5.01. The zero-order valence-corrected chi connectivity index (χ0v) is 15.8. The lowest BCUT2D eigenvalue weighted by molar-refractivity contribution is -0.134. The molecule has 1 aliphatic carbocycles. The molecule has 2 N–H and O–H groups in total. The van der Waals surface area contributed by atoms with Crippen LogP contribution in [0, 0.1) is 5.92 Å². The van der Waals surface area contributed by atoms with Crippen LogP contribution in [0.25, 0.3) is 11.1 Å². The molecule has 144 valence electrons. The number of carbonyl (C=O) groups is 1. The molecule has 2 unspecified atom stereocenters. The molecule has 1 aliphatic rings. The second-order valence-corrected chi connectivity index (χ2v) is 8.73. The number of methoxy groups -OCH3 is 1. The maximum absolute atomic E-state index is 13.1. The van der Waals surface area contributed by atoms with Crippen LogP contribution < -0.4 is 10.2 Å². The molecule has 0 radical (unpaired) electrons. The van der Waals surface area contributed by atoms with Gasteiger partial charge < -0.3 is 4.74 Å². The highest BCUT2D eigenvalue weighted by molar-refractivity contribution is 7.92. The molecular formula is C19H22N2O5S. The van der Waals surface area contributed by atoms with Gasteiger partial charge in [0.15, 0.2) is 9.84 Å². The normalized spacial score (nSPS) is 20.1. The Morgan fingerprint density at radius 1 is 1.11 bits per heavy atom. The predicted octanol–water partition coefficient (Wildman–Crippen LogP) is 2.60. The Hall–Kier alpha value is -2.45. The van der Waals surface area contributed by atoms with Gasteiger partial charge in [-0.1, -0.05) is 25.0 Å². The molecule has 0 bridgehead atoms. The predicted molar refractivity (Wildman–Crippen MR) is 99.1 cm³/mol. The summed E-state index contributed by atoms with van der Waals surface area (Å²) < 4.78 is 31.2. The minimum Gasteiger partial charge on any atom is -0.481 e. The highest BCUT2D eigenvalue weighted by Gasteiger charge is 2.40. The topological polar surface area (TPSA) is 106 Å². The number of benzene rings is 1. The Labute approximate surface area is 158 Å². The highest BCUT2D eigenvalue weighted by atomic mass is 32.2. The monoisotopic (exact) mass is 390 g/mol. The number of carbonyl (C=O) groups excluding carboxylic acids is 1. The maximum Gasteiger partial charge on any atom is 0.247 e. The maximum atomic E-state index is 13.1. The van der Waals surface area contributed by atoms with Crippen molar-refractivity contribution < 1.29 is 23.2 Å². The van der Waals surface area contributed by atoms with E-state index in [1.807, 2.05) is 6.07 Å². The van der Waals surface area contributed by atoms with Crippen molar-refractivity contribution in [2.24, 2.45) is 5.92 Å². The Morgan fingerprint density at radius 3 is 2.37 bits per heavy atom. The van der Waals surface area contributed by atoms with Crippen LogP contribution in [0.1, 0.15) is 25.7 Å². The molecule has 2 aromatic rings. The number of rotatable bonds is 5. The fraction of sp³-hybridized carbons (Fsp3) is 0.368. The third kappa shape index (κ3) is 3.96. The summed E-state index contributed by atoms with van der Waals surface area (Å²) in [6.45, 7) is 0.